The molecule has 1 atom stereocenters. The topological polar surface area (TPSA) is 46.6 Å². The number of carbonyl (C=O) groups is 2. The highest BCUT2D eigenvalue weighted by Gasteiger charge is 2.37. The van der Waals surface area contributed by atoms with E-state index >= 15 is 0 Å². The number of halogens is 1. The van der Waals surface area contributed by atoms with E-state index in [4.69, 9.17) is 16.3 Å². The molecule has 1 amide bonds. The van der Waals surface area contributed by atoms with Crippen LogP contribution in [-0.4, -0.2) is 29.9 Å². The number of nitrogens with zero attached hydrogens (tertiary/aromatic N) is 1. The zero-order valence-corrected chi connectivity index (χ0v) is 14.7. The summed E-state index contributed by atoms with van der Waals surface area (Å²) < 4.78 is 5.69. The summed E-state index contributed by atoms with van der Waals surface area (Å²) in [7, 11) is 0. The molecule has 5 heteroatoms. The van der Waals surface area contributed by atoms with E-state index in [1.807, 2.05) is 29.2 Å². The molecule has 0 spiro atoms. The zero-order chi connectivity index (χ0) is 17.4. The molecule has 2 aromatic carbocycles. The van der Waals surface area contributed by atoms with Crippen LogP contribution in [0.1, 0.15) is 25.7 Å². The lowest BCUT2D eigenvalue weighted by molar-refractivity contribution is -0.143. The van der Waals surface area contributed by atoms with Crippen LogP contribution < -0.4 is 4.74 Å². The third kappa shape index (κ3) is 3.36. The van der Waals surface area contributed by atoms with Crippen LogP contribution in [0.5, 0.6) is 5.75 Å². The fourth-order valence-electron chi connectivity index (χ4n) is 3.47. The summed E-state index contributed by atoms with van der Waals surface area (Å²) in [6, 6.07) is 11.1. The fraction of sp³-hybridized carbons (Fsp3) is 0.400. The summed E-state index contributed by atoms with van der Waals surface area (Å²) in [5.41, 5.74) is 0. The van der Waals surface area contributed by atoms with Crippen LogP contribution >= 0.6 is 11.6 Å². The minimum absolute atomic E-state index is 0.190. The first-order valence-corrected chi connectivity index (χ1v) is 9.19. The van der Waals surface area contributed by atoms with E-state index in [9.17, 15) is 9.59 Å². The van der Waals surface area contributed by atoms with Crippen LogP contribution in [-0.2, 0) is 9.59 Å². The first-order valence-electron chi connectivity index (χ1n) is 8.81. The average Bonchev–Trinajstić information content (AvgIpc) is 3.49. The third-order valence-electron chi connectivity index (χ3n) is 5.03. The molecule has 1 heterocycles. The van der Waals surface area contributed by atoms with Gasteiger partial charge in [-0.2, -0.15) is 0 Å². The largest absolute Gasteiger partial charge is 0.426 e. The highest BCUT2D eigenvalue weighted by Crippen LogP contribution is 2.34. The lowest BCUT2D eigenvalue weighted by Crippen LogP contribution is -2.44. The van der Waals surface area contributed by atoms with Crippen molar-refractivity contribution < 1.29 is 14.3 Å². The van der Waals surface area contributed by atoms with Crippen molar-refractivity contribution >= 4 is 34.2 Å². The monoisotopic (exact) mass is 357 g/mol. The van der Waals surface area contributed by atoms with Gasteiger partial charge in [0.2, 0.25) is 5.91 Å². The standard InChI is InChI=1S/C20H20ClNO3/c21-17-9-10-18(16-6-2-1-5-15(16)17)25-20(24)14-4-3-11-22(12-14)19(23)13-7-8-13/h1-2,5-6,9-10,13-14H,3-4,7-8,11-12H2/t14-/m1/s1. The second-order valence-corrected chi connectivity index (χ2v) is 7.32. The molecule has 130 valence electrons. The Hall–Kier alpha value is -2.07. The summed E-state index contributed by atoms with van der Waals surface area (Å²) in [6.07, 6.45) is 3.58. The maximum Gasteiger partial charge on any atom is 0.316 e. The van der Waals surface area contributed by atoms with Crippen molar-refractivity contribution in [3.8, 4) is 5.75 Å². The molecule has 1 saturated carbocycles. The second kappa shape index (κ2) is 6.68. The Balaban J connectivity index is 1.50. The summed E-state index contributed by atoms with van der Waals surface area (Å²) in [6.45, 7) is 1.22. The van der Waals surface area contributed by atoms with E-state index in [0.29, 0.717) is 17.3 Å². The van der Waals surface area contributed by atoms with E-state index in [0.717, 1.165) is 43.0 Å². The summed E-state index contributed by atoms with van der Waals surface area (Å²) in [4.78, 5) is 26.8. The molecule has 0 bridgehead atoms. The lowest BCUT2D eigenvalue weighted by atomic mass is 9.97. The molecule has 0 radical (unpaired) electrons. The van der Waals surface area contributed by atoms with Crippen LogP contribution in [0.3, 0.4) is 0 Å². The Labute approximate surface area is 151 Å². The van der Waals surface area contributed by atoms with E-state index in [1.165, 1.54) is 0 Å². The molecule has 0 N–H and O–H groups in total. The number of fused-ring (bicyclic) bond motifs is 1. The lowest BCUT2D eigenvalue weighted by Gasteiger charge is -2.31. The predicted molar refractivity (Wildman–Crippen MR) is 96.6 cm³/mol. The minimum atomic E-state index is -0.263. The van der Waals surface area contributed by atoms with E-state index < -0.39 is 0 Å². The van der Waals surface area contributed by atoms with Gasteiger partial charge in [0.1, 0.15) is 5.75 Å². The number of carbonyl (C=O) groups excluding carboxylic acids is 2. The summed E-state index contributed by atoms with van der Waals surface area (Å²) >= 11 is 6.22. The number of rotatable bonds is 3. The molecule has 4 nitrogen and oxygen atoms in total. The SMILES string of the molecule is O=C(Oc1ccc(Cl)c2ccccc12)[C@@H]1CCCN(C(=O)C2CC2)C1. The minimum Gasteiger partial charge on any atom is -0.426 e. The predicted octanol–water partition coefficient (Wildman–Crippen LogP) is 4.05. The number of likely N-dealkylation sites (tertiary alicyclic amines) is 1. The van der Waals surface area contributed by atoms with Gasteiger partial charge in [-0.15, -0.1) is 0 Å². The Morgan fingerprint density at radius 2 is 1.76 bits per heavy atom. The normalized spacial score (nSPS) is 20.5. The first kappa shape index (κ1) is 16.4. The number of ether oxygens (including phenoxy) is 1. The molecule has 25 heavy (non-hydrogen) atoms. The number of hydrogen-bond donors (Lipinski definition) is 0. The van der Waals surface area contributed by atoms with Gasteiger partial charge in [-0.25, -0.2) is 0 Å². The van der Waals surface area contributed by atoms with Gasteiger partial charge in [-0.05, 0) is 37.8 Å². The maximum atomic E-state index is 12.7. The molecule has 2 fully saturated rings. The molecule has 4 rings (SSSR count). The van der Waals surface area contributed by atoms with Gasteiger partial charge in [0, 0.05) is 34.8 Å². The van der Waals surface area contributed by atoms with Crippen molar-refractivity contribution in [2.45, 2.75) is 25.7 Å². The molecule has 0 aromatic heterocycles. The number of piperidine rings is 1. The van der Waals surface area contributed by atoms with Crippen LogP contribution in [0.4, 0.5) is 0 Å². The second-order valence-electron chi connectivity index (χ2n) is 6.91. The van der Waals surface area contributed by atoms with E-state index in [-0.39, 0.29) is 23.7 Å². The molecule has 1 saturated heterocycles. The van der Waals surface area contributed by atoms with Crippen molar-refractivity contribution in [1.82, 2.24) is 4.90 Å². The number of hydrogen-bond acceptors (Lipinski definition) is 3. The molecular weight excluding hydrogens is 338 g/mol. The van der Waals surface area contributed by atoms with E-state index in [1.54, 1.807) is 12.1 Å². The molecule has 1 aliphatic heterocycles. The first-order chi connectivity index (χ1) is 12.1. The maximum absolute atomic E-state index is 12.7. The van der Waals surface area contributed by atoms with Crippen LogP contribution in [0.15, 0.2) is 36.4 Å². The Morgan fingerprint density at radius 3 is 2.52 bits per heavy atom. The summed E-state index contributed by atoms with van der Waals surface area (Å²) in [5, 5.41) is 2.32. The van der Waals surface area contributed by atoms with Crippen LogP contribution in [0.25, 0.3) is 10.8 Å². The summed E-state index contributed by atoms with van der Waals surface area (Å²) in [5.74, 6) is 0.395. The number of amides is 1. The third-order valence-corrected chi connectivity index (χ3v) is 5.36. The van der Waals surface area contributed by atoms with E-state index in [2.05, 4.69) is 0 Å². The molecule has 2 aromatic rings. The van der Waals surface area contributed by atoms with Crippen molar-refractivity contribution in [2.24, 2.45) is 11.8 Å². The molecule has 0 unspecified atom stereocenters. The van der Waals surface area contributed by atoms with Gasteiger partial charge in [0.25, 0.3) is 0 Å². The number of benzene rings is 2. The fourth-order valence-corrected chi connectivity index (χ4v) is 3.70. The molecular formula is C20H20ClNO3. The quantitative estimate of drug-likeness (QED) is 0.615. The van der Waals surface area contributed by atoms with Gasteiger partial charge in [0.15, 0.2) is 0 Å². The van der Waals surface area contributed by atoms with Gasteiger partial charge in [-0.3, -0.25) is 9.59 Å². The van der Waals surface area contributed by atoms with Gasteiger partial charge in [-0.1, -0.05) is 35.9 Å². The highest BCUT2D eigenvalue weighted by atomic mass is 35.5. The van der Waals surface area contributed by atoms with Crippen molar-refractivity contribution in [3.63, 3.8) is 0 Å². The Morgan fingerprint density at radius 1 is 1.00 bits per heavy atom. The van der Waals surface area contributed by atoms with Crippen molar-refractivity contribution in [2.75, 3.05) is 13.1 Å². The Kier molecular flexibility index (Phi) is 4.38. The van der Waals surface area contributed by atoms with Crippen molar-refractivity contribution in [1.29, 1.82) is 0 Å². The highest BCUT2D eigenvalue weighted by molar-refractivity contribution is 6.35. The smallest absolute Gasteiger partial charge is 0.316 e. The van der Waals surface area contributed by atoms with Gasteiger partial charge < -0.3 is 9.64 Å². The van der Waals surface area contributed by atoms with Crippen LogP contribution in [0, 0.1) is 11.8 Å². The van der Waals surface area contributed by atoms with Crippen LogP contribution in [0.2, 0.25) is 5.02 Å². The molecule has 1 aliphatic carbocycles. The Bertz CT molecular complexity index is 831. The molecule has 2 aliphatic rings. The number of esters is 1. The average molecular weight is 358 g/mol. The van der Waals surface area contributed by atoms with Gasteiger partial charge >= 0.3 is 5.97 Å². The van der Waals surface area contributed by atoms with Crippen molar-refractivity contribution in [3.05, 3.63) is 41.4 Å². The zero-order valence-electron chi connectivity index (χ0n) is 13.9. The van der Waals surface area contributed by atoms with Gasteiger partial charge in [0.05, 0.1) is 5.92 Å².